The molecule has 1 aliphatic rings. The van der Waals surface area contributed by atoms with Gasteiger partial charge in [-0.05, 0) is 44.0 Å². The van der Waals surface area contributed by atoms with E-state index < -0.39 is 0 Å². The van der Waals surface area contributed by atoms with Gasteiger partial charge in [0.15, 0.2) is 6.61 Å². The van der Waals surface area contributed by atoms with E-state index in [4.69, 9.17) is 9.47 Å². The number of unbranched alkanes of at least 4 members (excludes halogenated alkanes) is 1. The molecule has 2 aromatic carbocycles. The van der Waals surface area contributed by atoms with E-state index in [2.05, 4.69) is 12.2 Å². The lowest BCUT2D eigenvalue weighted by Gasteiger charge is -2.29. The number of ether oxygens (including phenoxy) is 2. The Bertz CT molecular complexity index is 848. The normalized spacial score (nSPS) is 12.9. The van der Waals surface area contributed by atoms with Crippen molar-refractivity contribution in [1.29, 1.82) is 0 Å². The predicted octanol–water partition coefficient (Wildman–Crippen LogP) is 4.32. The molecular weight excluding hydrogens is 368 g/mol. The third-order valence-corrected chi connectivity index (χ3v) is 4.76. The zero-order valence-electron chi connectivity index (χ0n) is 17.1. The van der Waals surface area contributed by atoms with Gasteiger partial charge in [0.2, 0.25) is 5.91 Å². The van der Waals surface area contributed by atoms with Gasteiger partial charge in [-0.3, -0.25) is 9.59 Å². The van der Waals surface area contributed by atoms with Crippen molar-refractivity contribution in [1.82, 2.24) is 0 Å². The number of carbonyl (C=O) groups excluding carboxylic acids is 2. The van der Waals surface area contributed by atoms with Crippen LogP contribution in [0.4, 0.5) is 11.4 Å². The lowest BCUT2D eigenvalue weighted by atomic mass is 10.2. The van der Waals surface area contributed by atoms with Gasteiger partial charge >= 0.3 is 0 Å². The van der Waals surface area contributed by atoms with E-state index in [-0.39, 0.29) is 18.4 Å². The molecule has 0 saturated heterocycles. The Morgan fingerprint density at radius 1 is 1.17 bits per heavy atom. The maximum Gasteiger partial charge on any atom is 0.265 e. The van der Waals surface area contributed by atoms with E-state index in [9.17, 15) is 9.59 Å². The Balaban J connectivity index is 1.57. The molecule has 0 bridgehead atoms. The molecule has 29 heavy (non-hydrogen) atoms. The van der Waals surface area contributed by atoms with Crippen molar-refractivity contribution in [2.24, 2.45) is 0 Å². The van der Waals surface area contributed by atoms with Crippen molar-refractivity contribution >= 4 is 23.2 Å². The van der Waals surface area contributed by atoms with Gasteiger partial charge in [0.05, 0.1) is 12.3 Å². The first-order valence-corrected chi connectivity index (χ1v) is 10.1. The average Bonchev–Trinajstić information content (AvgIpc) is 2.72. The van der Waals surface area contributed by atoms with Crippen LogP contribution >= 0.6 is 0 Å². The zero-order valence-corrected chi connectivity index (χ0v) is 17.1. The number of benzene rings is 2. The SMILES string of the molecule is CCCCC(=O)Nc1ccc2c(c1)OCC(=O)N2CCCOc1ccc(C)cc1. The summed E-state index contributed by atoms with van der Waals surface area (Å²) in [5.74, 6) is 1.35. The fourth-order valence-electron chi connectivity index (χ4n) is 3.14. The van der Waals surface area contributed by atoms with Crippen LogP contribution in [0, 0.1) is 6.92 Å². The summed E-state index contributed by atoms with van der Waals surface area (Å²) in [6.07, 6.45) is 3.04. The van der Waals surface area contributed by atoms with Crippen LogP contribution in [0.2, 0.25) is 0 Å². The quantitative estimate of drug-likeness (QED) is 0.641. The van der Waals surface area contributed by atoms with E-state index in [1.165, 1.54) is 5.56 Å². The smallest absolute Gasteiger partial charge is 0.265 e. The topological polar surface area (TPSA) is 67.9 Å². The van der Waals surface area contributed by atoms with Crippen molar-refractivity contribution in [3.63, 3.8) is 0 Å². The molecular formula is C23H28N2O4. The summed E-state index contributed by atoms with van der Waals surface area (Å²) in [7, 11) is 0. The number of anilines is 2. The highest BCUT2D eigenvalue weighted by Crippen LogP contribution is 2.34. The van der Waals surface area contributed by atoms with Crippen LogP contribution in [0.25, 0.3) is 0 Å². The minimum atomic E-state index is -0.0763. The fourth-order valence-corrected chi connectivity index (χ4v) is 3.14. The van der Waals surface area contributed by atoms with Gasteiger partial charge in [0.25, 0.3) is 5.91 Å². The number of nitrogens with one attached hydrogen (secondary N) is 1. The number of rotatable bonds is 9. The van der Waals surface area contributed by atoms with Gasteiger partial charge in [-0.15, -0.1) is 0 Å². The molecule has 0 unspecified atom stereocenters. The largest absolute Gasteiger partial charge is 0.494 e. The van der Waals surface area contributed by atoms with Gasteiger partial charge in [-0.25, -0.2) is 0 Å². The lowest BCUT2D eigenvalue weighted by Crippen LogP contribution is -2.39. The third kappa shape index (κ3) is 5.73. The predicted molar refractivity (Wildman–Crippen MR) is 114 cm³/mol. The second-order valence-corrected chi connectivity index (χ2v) is 7.18. The number of aryl methyl sites for hydroxylation is 1. The molecule has 1 heterocycles. The molecule has 0 aliphatic carbocycles. The molecule has 6 heteroatoms. The van der Waals surface area contributed by atoms with Crippen LogP contribution in [0.3, 0.4) is 0 Å². The number of nitrogens with zero attached hydrogens (tertiary/aromatic N) is 1. The Morgan fingerprint density at radius 3 is 2.72 bits per heavy atom. The highest BCUT2D eigenvalue weighted by Gasteiger charge is 2.25. The maximum absolute atomic E-state index is 12.3. The molecule has 6 nitrogen and oxygen atoms in total. The van der Waals surface area contributed by atoms with E-state index in [0.717, 1.165) is 24.3 Å². The lowest BCUT2D eigenvalue weighted by molar-refractivity contribution is -0.121. The van der Waals surface area contributed by atoms with Crippen molar-refractivity contribution in [3.05, 3.63) is 48.0 Å². The molecule has 1 aliphatic heterocycles. The Hall–Kier alpha value is -3.02. The van der Waals surface area contributed by atoms with E-state index in [1.807, 2.05) is 37.3 Å². The van der Waals surface area contributed by atoms with Gasteiger partial charge in [0.1, 0.15) is 11.5 Å². The number of hydrogen-bond donors (Lipinski definition) is 1. The molecule has 0 radical (unpaired) electrons. The average molecular weight is 396 g/mol. The summed E-state index contributed by atoms with van der Waals surface area (Å²) in [6.45, 7) is 5.15. The third-order valence-electron chi connectivity index (χ3n) is 4.76. The molecule has 0 aromatic heterocycles. The van der Waals surface area contributed by atoms with Gasteiger partial charge in [-0.1, -0.05) is 31.0 Å². The molecule has 0 saturated carbocycles. The standard InChI is InChI=1S/C23H28N2O4/c1-3-4-6-22(26)24-18-9-12-20-21(15-18)29-16-23(27)25(20)13-5-14-28-19-10-7-17(2)8-11-19/h7-12,15H,3-6,13-14,16H2,1-2H3,(H,24,26). The molecule has 0 spiro atoms. The van der Waals surface area contributed by atoms with E-state index in [1.54, 1.807) is 17.0 Å². The highest BCUT2D eigenvalue weighted by atomic mass is 16.5. The first kappa shape index (κ1) is 20.7. The number of carbonyl (C=O) groups is 2. The molecule has 1 N–H and O–H groups in total. The van der Waals surface area contributed by atoms with Crippen LogP contribution in [0.1, 0.15) is 38.2 Å². The molecule has 154 valence electrons. The van der Waals surface area contributed by atoms with Crippen LogP contribution < -0.4 is 19.7 Å². The molecule has 2 amide bonds. The zero-order chi connectivity index (χ0) is 20.6. The van der Waals surface area contributed by atoms with Crippen molar-refractivity contribution in [2.45, 2.75) is 39.5 Å². The van der Waals surface area contributed by atoms with Gasteiger partial charge in [-0.2, -0.15) is 0 Å². The van der Waals surface area contributed by atoms with E-state index in [0.29, 0.717) is 37.4 Å². The summed E-state index contributed by atoms with van der Waals surface area (Å²) in [5, 5.41) is 2.88. The van der Waals surface area contributed by atoms with Crippen LogP contribution in [0.15, 0.2) is 42.5 Å². The fraction of sp³-hybridized carbons (Fsp3) is 0.391. The Morgan fingerprint density at radius 2 is 1.97 bits per heavy atom. The summed E-state index contributed by atoms with van der Waals surface area (Å²) < 4.78 is 11.3. The molecule has 0 fully saturated rings. The Kier molecular flexibility index (Phi) is 7.11. The molecule has 2 aromatic rings. The second-order valence-electron chi connectivity index (χ2n) is 7.18. The first-order chi connectivity index (χ1) is 14.1. The molecule has 0 atom stereocenters. The monoisotopic (exact) mass is 396 g/mol. The van der Waals surface area contributed by atoms with E-state index >= 15 is 0 Å². The highest BCUT2D eigenvalue weighted by molar-refractivity contribution is 5.99. The summed E-state index contributed by atoms with van der Waals surface area (Å²) >= 11 is 0. The van der Waals surface area contributed by atoms with Crippen LogP contribution in [-0.4, -0.2) is 31.6 Å². The maximum atomic E-state index is 12.3. The summed E-state index contributed by atoms with van der Waals surface area (Å²) in [6, 6.07) is 13.3. The van der Waals surface area contributed by atoms with Gasteiger partial charge in [0, 0.05) is 24.7 Å². The van der Waals surface area contributed by atoms with Crippen molar-refractivity contribution in [3.8, 4) is 11.5 Å². The van der Waals surface area contributed by atoms with Crippen molar-refractivity contribution in [2.75, 3.05) is 30.0 Å². The molecule has 3 rings (SSSR count). The number of hydrogen-bond acceptors (Lipinski definition) is 4. The summed E-state index contributed by atoms with van der Waals surface area (Å²) in [5.41, 5.74) is 2.60. The minimum absolute atomic E-state index is 0.000939. The first-order valence-electron chi connectivity index (χ1n) is 10.1. The van der Waals surface area contributed by atoms with Crippen LogP contribution in [0.5, 0.6) is 11.5 Å². The number of amides is 2. The van der Waals surface area contributed by atoms with Crippen molar-refractivity contribution < 1.29 is 19.1 Å². The summed E-state index contributed by atoms with van der Waals surface area (Å²) in [4.78, 5) is 26.0. The van der Waals surface area contributed by atoms with Crippen LogP contribution in [-0.2, 0) is 9.59 Å². The minimum Gasteiger partial charge on any atom is -0.494 e. The van der Waals surface area contributed by atoms with Gasteiger partial charge < -0.3 is 19.7 Å². The number of fused-ring (bicyclic) bond motifs is 1. The second kappa shape index (κ2) is 9.96. The Labute approximate surface area is 171 Å².